The number of nitrogens with one attached hydrogen (secondary N) is 2. The Bertz CT molecular complexity index is 241. The second kappa shape index (κ2) is 5.50. The summed E-state index contributed by atoms with van der Waals surface area (Å²) in [5.74, 6) is 0. The van der Waals surface area contributed by atoms with Crippen molar-refractivity contribution in [2.24, 2.45) is 0 Å². The molecule has 2 heterocycles. The van der Waals surface area contributed by atoms with Gasteiger partial charge in [0.2, 0.25) is 0 Å². The number of cyclic esters (lactones) is 1. The maximum absolute atomic E-state index is 10.9. The number of nitrogens with zero attached hydrogens (tertiary/aromatic N) is 1. The van der Waals surface area contributed by atoms with E-state index in [1.807, 2.05) is 0 Å². The molecule has 0 aromatic heterocycles. The third-order valence-electron chi connectivity index (χ3n) is 3.42. The normalized spacial score (nSPS) is 26.9. The van der Waals surface area contributed by atoms with Gasteiger partial charge in [0.15, 0.2) is 0 Å². The third-order valence-corrected chi connectivity index (χ3v) is 3.42. The van der Waals surface area contributed by atoms with E-state index < -0.39 is 0 Å². The first kappa shape index (κ1) is 11.7. The molecule has 0 bridgehead atoms. The lowest BCUT2D eigenvalue weighted by atomic mass is 10.0. The van der Waals surface area contributed by atoms with Crippen molar-refractivity contribution < 1.29 is 9.53 Å². The molecule has 0 aliphatic carbocycles. The number of rotatable bonds is 4. The summed E-state index contributed by atoms with van der Waals surface area (Å²) in [4.78, 5) is 13.4. The summed E-state index contributed by atoms with van der Waals surface area (Å²) in [5.41, 5.74) is 0. The van der Waals surface area contributed by atoms with E-state index in [-0.39, 0.29) is 12.2 Å². The van der Waals surface area contributed by atoms with Crippen molar-refractivity contribution in [3.05, 3.63) is 0 Å². The van der Waals surface area contributed by atoms with Crippen LogP contribution in [0.25, 0.3) is 0 Å². The Morgan fingerprint density at radius 1 is 1.44 bits per heavy atom. The Labute approximate surface area is 96.5 Å². The van der Waals surface area contributed by atoms with Crippen molar-refractivity contribution in [2.45, 2.75) is 31.9 Å². The minimum absolute atomic E-state index is 0.0299. The quantitative estimate of drug-likeness (QED) is 0.719. The zero-order valence-corrected chi connectivity index (χ0v) is 9.87. The SMILES string of the molecule is CCN(CC1CNC(=O)O1)C1CCNCC1. The number of alkyl carbamates (subject to hydrolysis) is 1. The van der Waals surface area contributed by atoms with Crippen LogP contribution in [-0.2, 0) is 4.74 Å². The number of piperidine rings is 1. The molecule has 16 heavy (non-hydrogen) atoms. The van der Waals surface area contributed by atoms with Crippen LogP contribution in [0.5, 0.6) is 0 Å². The molecule has 0 radical (unpaired) electrons. The molecule has 0 saturated carbocycles. The Morgan fingerprint density at radius 3 is 2.75 bits per heavy atom. The molecule has 2 aliphatic rings. The molecule has 5 nitrogen and oxygen atoms in total. The van der Waals surface area contributed by atoms with Crippen molar-refractivity contribution in [3.8, 4) is 0 Å². The number of ether oxygens (including phenoxy) is 1. The van der Waals surface area contributed by atoms with Crippen LogP contribution >= 0.6 is 0 Å². The molecule has 1 unspecified atom stereocenters. The lowest BCUT2D eigenvalue weighted by Gasteiger charge is -2.34. The Kier molecular flexibility index (Phi) is 4.01. The summed E-state index contributed by atoms with van der Waals surface area (Å²) in [6.45, 7) is 6.92. The molecule has 2 N–H and O–H groups in total. The number of hydrogen-bond acceptors (Lipinski definition) is 4. The molecule has 2 saturated heterocycles. The van der Waals surface area contributed by atoms with Gasteiger partial charge in [0.05, 0.1) is 6.54 Å². The van der Waals surface area contributed by atoms with Gasteiger partial charge in [0, 0.05) is 12.6 Å². The van der Waals surface area contributed by atoms with Crippen LogP contribution in [0, 0.1) is 0 Å². The minimum Gasteiger partial charge on any atom is -0.443 e. The summed E-state index contributed by atoms with van der Waals surface area (Å²) in [6, 6.07) is 0.644. The van der Waals surface area contributed by atoms with Gasteiger partial charge in [0.1, 0.15) is 6.10 Å². The molecule has 5 heteroatoms. The van der Waals surface area contributed by atoms with E-state index in [9.17, 15) is 4.79 Å². The van der Waals surface area contributed by atoms with Crippen LogP contribution in [-0.4, -0.2) is 55.9 Å². The maximum atomic E-state index is 10.9. The van der Waals surface area contributed by atoms with Crippen LogP contribution in [0.15, 0.2) is 0 Å². The molecule has 0 aromatic rings. The molecular weight excluding hydrogens is 206 g/mol. The topological polar surface area (TPSA) is 53.6 Å². The van der Waals surface area contributed by atoms with Gasteiger partial charge in [0.25, 0.3) is 0 Å². The predicted octanol–water partition coefficient (Wildman–Crippen LogP) is 0.169. The Morgan fingerprint density at radius 2 is 2.19 bits per heavy atom. The molecule has 2 aliphatic heterocycles. The van der Waals surface area contributed by atoms with Crippen molar-refractivity contribution in [3.63, 3.8) is 0 Å². The van der Waals surface area contributed by atoms with Gasteiger partial charge >= 0.3 is 6.09 Å². The van der Waals surface area contributed by atoms with Crippen LogP contribution in [0.2, 0.25) is 0 Å². The number of hydrogen-bond donors (Lipinski definition) is 2. The molecule has 2 rings (SSSR count). The van der Waals surface area contributed by atoms with Crippen molar-refractivity contribution in [2.75, 3.05) is 32.7 Å². The van der Waals surface area contributed by atoms with Gasteiger partial charge in [-0.25, -0.2) is 4.79 Å². The number of amides is 1. The minimum atomic E-state index is -0.272. The highest BCUT2D eigenvalue weighted by atomic mass is 16.6. The van der Waals surface area contributed by atoms with E-state index in [4.69, 9.17) is 4.74 Å². The average molecular weight is 227 g/mol. The molecule has 92 valence electrons. The largest absolute Gasteiger partial charge is 0.443 e. The standard InChI is InChI=1S/C11H21N3O2/c1-2-14(9-3-5-12-6-4-9)8-10-7-13-11(15)16-10/h9-10,12H,2-8H2,1H3,(H,13,15). The fourth-order valence-electron chi connectivity index (χ4n) is 2.50. The maximum Gasteiger partial charge on any atom is 0.407 e. The molecule has 0 spiro atoms. The Balaban J connectivity index is 1.82. The van der Waals surface area contributed by atoms with E-state index in [1.54, 1.807) is 0 Å². The van der Waals surface area contributed by atoms with Crippen LogP contribution in [0.4, 0.5) is 4.79 Å². The first-order valence-corrected chi connectivity index (χ1v) is 6.19. The van der Waals surface area contributed by atoms with E-state index in [1.165, 1.54) is 12.8 Å². The molecular formula is C11H21N3O2. The van der Waals surface area contributed by atoms with E-state index in [2.05, 4.69) is 22.5 Å². The predicted molar refractivity (Wildman–Crippen MR) is 61.4 cm³/mol. The summed E-state index contributed by atoms with van der Waals surface area (Å²) in [7, 11) is 0. The lowest BCUT2D eigenvalue weighted by Crippen LogP contribution is -2.46. The lowest BCUT2D eigenvalue weighted by molar-refractivity contribution is 0.0831. The molecule has 0 aromatic carbocycles. The number of carbonyl (C=O) groups is 1. The number of likely N-dealkylation sites (N-methyl/N-ethyl adjacent to an activating group) is 1. The molecule has 1 atom stereocenters. The summed E-state index contributed by atoms with van der Waals surface area (Å²) in [6.07, 6.45) is 2.15. The van der Waals surface area contributed by atoms with E-state index >= 15 is 0 Å². The first-order valence-electron chi connectivity index (χ1n) is 6.19. The van der Waals surface area contributed by atoms with Gasteiger partial charge in [-0.1, -0.05) is 6.92 Å². The fraction of sp³-hybridized carbons (Fsp3) is 0.909. The van der Waals surface area contributed by atoms with Gasteiger partial charge in [-0.3, -0.25) is 4.90 Å². The fourth-order valence-corrected chi connectivity index (χ4v) is 2.50. The zero-order valence-electron chi connectivity index (χ0n) is 9.87. The second-order valence-corrected chi connectivity index (χ2v) is 4.48. The van der Waals surface area contributed by atoms with E-state index in [0.717, 1.165) is 26.2 Å². The highest BCUT2D eigenvalue weighted by Crippen LogP contribution is 2.13. The van der Waals surface area contributed by atoms with Gasteiger partial charge < -0.3 is 15.4 Å². The van der Waals surface area contributed by atoms with Crippen LogP contribution in [0.3, 0.4) is 0 Å². The Hall–Kier alpha value is -0.810. The van der Waals surface area contributed by atoms with Crippen molar-refractivity contribution in [1.82, 2.24) is 15.5 Å². The van der Waals surface area contributed by atoms with Crippen molar-refractivity contribution >= 4 is 6.09 Å². The van der Waals surface area contributed by atoms with E-state index in [0.29, 0.717) is 12.6 Å². The van der Waals surface area contributed by atoms with Gasteiger partial charge in [-0.15, -0.1) is 0 Å². The van der Waals surface area contributed by atoms with Crippen molar-refractivity contribution in [1.29, 1.82) is 0 Å². The van der Waals surface area contributed by atoms with Crippen LogP contribution < -0.4 is 10.6 Å². The second-order valence-electron chi connectivity index (χ2n) is 4.48. The molecule has 2 fully saturated rings. The van der Waals surface area contributed by atoms with Crippen LogP contribution in [0.1, 0.15) is 19.8 Å². The molecule has 1 amide bonds. The highest BCUT2D eigenvalue weighted by molar-refractivity contribution is 5.69. The highest BCUT2D eigenvalue weighted by Gasteiger charge is 2.27. The smallest absolute Gasteiger partial charge is 0.407 e. The monoisotopic (exact) mass is 227 g/mol. The third kappa shape index (κ3) is 2.86. The zero-order chi connectivity index (χ0) is 11.4. The summed E-state index contributed by atoms with van der Waals surface area (Å²) >= 11 is 0. The summed E-state index contributed by atoms with van der Waals surface area (Å²) < 4.78 is 5.18. The van der Waals surface area contributed by atoms with Gasteiger partial charge in [-0.05, 0) is 32.5 Å². The van der Waals surface area contributed by atoms with Gasteiger partial charge in [-0.2, -0.15) is 0 Å². The average Bonchev–Trinajstić information content (AvgIpc) is 2.73. The number of carbonyl (C=O) groups excluding carboxylic acids is 1. The first-order chi connectivity index (χ1) is 7.79. The summed E-state index contributed by atoms with van der Waals surface area (Å²) in [5, 5.41) is 6.07.